The summed E-state index contributed by atoms with van der Waals surface area (Å²) in [6.45, 7) is 5.37. The topological polar surface area (TPSA) is 83.3 Å². The molecule has 0 saturated carbocycles. The fraction of sp³-hybridized carbons (Fsp3) is 0.320. The Morgan fingerprint density at radius 3 is 2.89 bits per heavy atom. The van der Waals surface area contributed by atoms with Crippen molar-refractivity contribution in [3.63, 3.8) is 0 Å². The average molecular weight is 512 g/mol. The summed E-state index contributed by atoms with van der Waals surface area (Å²) in [5.74, 6) is -0.0811. The number of pyridine rings is 1. The number of aromatic nitrogens is 4. The highest BCUT2D eigenvalue weighted by molar-refractivity contribution is 7.19. The molecule has 1 saturated heterocycles. The summed E-state index contributed by atoms with van der Waals surface area (Å²) < 4.78 is 46.8. The van der Waals surface area contributed by atoms with Crippen molar-refractivity contribution in [3.8, 4) is 32.7 Å². The third-order valence-electron chi connectivity index (χ3n) is 6.00. The van der Waals surface area contributed by atoms with Gasteiger partial charge in [0, 0.05) is 19.0 Å². The SMILES string of the molecule is CC1(C)OCC(CNc2ccc3c(n2)-c2sc(-c4ncnn4-c4ccc(F)cc4F)cc2CCO3)O1. The molecule has 1 unspecified atom stereocenters. The Bertz CT molecular complexity index is 1440. The Morgan fingerprint density at radius 2 is 2.08 bits per heavy atom. The number of rotatable bonds is 5. The van der Waals surface area contributed by atoms with E-state index in [-0.39, 0.29) is 11.8 Å². The number of nitrogens with one attached hydrogen (secondary N) is 1. The van der Waals surface area contributed by atoms with E-state index >= 15 is 0 Å². The van der Waals surface area contributed by atoms with Gasteiger partial charge in [0.2, 0.25) is 0 Å². The number of hydrogen-bond acceptors (Lipinski definition) is 8. The molecule has 0 radical (unpaired) electrons. The van der Waals surface area contributed by atoms with Crippen LogP contribution < -0.4 is 10.1 Å². The van der Waals surface area contributed by atoms with Crippen molar-refractivity contribution in [2.75, 3.05) is 25.1 Å². The number of nitrogens with zero attached hydrogens (tertiary/aromatic N) is 4. The molecule has 0 amide bonds. The molecule has 0 aliphatic carbocycles. The molecule has 5 heterocycles. The lowest BCUT2D eigenvalue weighted by atomic mass is 10.1. The molecule has 36 heavy (non-hydrogen) atoms. The summed E-state index contributed by atoms with van der Waals surface area (Å²) in [6, 6.07) is 9.18. The zero-order valence-corrected chi connectivity index (χ0v) is 20.4. The second kappa shape index (κ2) is 8.91. The third kappa shape index (κ3) is 4.34. The predicted molar refractivity (Wildman–Crippen MR) is 130 cm³/mol. The van der Waals surface area contributed by atoms with Crippen LogP contribution in [0.1, 0.15) is 19.4 Å². The van der Waals surface area contributed by atoms with Gasteiger partial charge >= 0.3 is 0 Å². The largest absolute Gasteiger partial charge is 0.491 e. The van der Waals surface area contributed by atoms with Gasteiger partial charge in [0.1, 0.15) is 41.2 Å². The van der Waals surface area contributed by atoms with Gasteiger partial charge in [-0.1, -0.05) is 0 Å². The van der Waals surface area contributed by atoms with E-state index in [0.717, 1.165) is 27.1 Å². The lowest BCUT2D eigenvalue weighted by molar-refractivity contribution is -0.136. The van der Waals surface area contributed by atoms with E-state index in [1.54, 1.807) is 0 Å². The van der Waals surface area contributed by atoms with Crippen LogP contribution >= 0.6 is 11.3 Å². The number of thiophene rings is 1. The number of anilines is 1. The Kier molecular flexibility index (Phi) is 5.70. The molecule has 8 nitrogen and oxygen atoms in total. The molecule has 2 aliphatic heterocycles. The first-order chi connectivity index (χ1) is 17.4. The quantitative estimate of drug-likeness (QED) is 0.411. The zero-order chi connectivity index (χ0) is 24.9. The van der Waals surface area contributed by atoms with Crippen molar-refractivity contribution >= 4 is 17.2 Å². The van der Waals surface area contributed by atoms with Gasteiger partial charge < -0.3 is 19.5 Å². The Labute approximate surface area is 209 Å². The molecule has 0 bridgehead atoms. The van der Waals surface area contributed by atoms with Gasteiger partial charge in [0.05, 0.1) is 23.0 Å². The van der Waals surface area contributed by atoms with Gasteiger partial charge in [-0.2, -0.15) is 5.10 Å². The molecular formula is C25H23F2N5O3S. The standard InChI is InChI=1S/C25H23F2N5O3S/c1-25(2)34-12-16(35-25)11-28-21-6-5-19-22(31-21)23-14(7-8-33-19)9-20(36-23)24-29-13-30-32(24)18-4-3-15(26)10-17(18)27/h3-6,9-10,13,16H,7-8,11-12H2,1-2H3,(H,28,31). The van der Waals surface area contributed by atoms with E-state index in [0.29, 0.717) is 43.6 Å². The predicted octanol–water partition coefficient (Wildman–Crippen LogP) is 4.83. The molecular weight excluding hydrogens is 488 g/mol. The van der Waals surface area contributed by atoms with Crippen molar-refractivity contribution in [2.45, 2.75) is 32.2 Å². The second-order valence-electron chi connectivity index (χ2n) is 9.03. The Hall–Kier alpha value is -3.41. The highest BCUT2D eigenvalue weighted by atomic mass is 32.1. The first-order valence-corrected chi connectivity index (χ1v) is 12.4. The summed E-state index contributed by atoms with van der Waals surface area (Å²) in [6.07, 6.45) is 1.97. The van der Waals surface area contributed by atoms with Gasteiger partial charge in [0.15, 0.2) is 17.4 Å². The minimum Gasteiger partial charge on any atom is -0.491 e. The van der Waals surface area contributed by atoms with Gasteiger partial charge in [-0.15, -0.1) is 11.3 Å². The van der Waals surface area contributed by atoms with Crippen molar-refractivity contribution < 1.29 is 23.0 Å². The summed E-state index contributed by atoms with van der Waals surface area (Å²) >= 11 is 1.48. The van der Waals surface area contributed by atoms with Crippen LogP contribution in [0.3, 0.4) is 0 Å². The number of ether oxygens (including phenoxy) is 3. The maximum absolute atomic E-state index is 14.5. The first kappa shape index (κ1) is 23.0. The van der Waals surface area contributed by atoms with E-state index in [9.17, 15) is 8.78 Å². The first-order valence-electron chi connectivity index (χ1n) is 11.5. The van der Waals surface area contributed by atoms with Crippen LogP contribution in [0.5, 0.6) is 5.75 Å². The van der Waals surface area contributed by atoms with E-state index in [1.807, 2.05) is 32.0 Å². The van der Waals surface area contributed by atoms with Crippen LogP contribution in [-0.2, 0) is 15.9 Å². The van der Waals surface area contributed by atoms with E-state index in [4.69, 9.17) is 19.2 Å². The monoisotopic (exact) mass is 511 g/mol. The smallest absolute Gasteiger partial charge is 0.173 e. The average Bonchev–Trinajstić information content (AvgIpc) is 3.54. The Balaban J connectivity index is 1.32. The highest BCUT2D eigenvalue weighted by Crippen LogP contribution is 2.43. The maximum Gasteiger partial charge on any atom is 0.173 e. The van der Waals surface area contributed by atoms with Gasteiger partial charge in [-0.3, -0.25) is 0 Å². The minimum atomic E-state index is -0.712. The summed E-state index contributed by atoms with van der Waals surface area (Å²) in [7, 11) is 0. The molecule has 2 aliphatic rings. The molecule has 6 rings (SSSR count). The van der Waals surface area contributed by atoms with Crippen LogP contribution in [0.2, 0.25) is 0 Å². The molecule has 1 aromatic carbocycles. The van der Waals surface area contributed by atoms with E-state index in [2.05, 4.69) is 15.4 Å². The van der Waals surface area contributed by atoms with Crippen molar-refractivity contribution in [3.05, 3.63) is 59.9 Å². The second-order valence-corrected chi connectivity index (χ2v) is 10.1. The van der Waals surface area contributed by atoms with Gasteiger partial charge in [0.25, 0.3) is 0 Å². The third-order valence-corrected chi connectivity index (χ3v) is 7.18. The van der Waals surface area contributed by atoms with E-state index < -0.39 is 17.4 Å². The normalized spacial score (nSPS) is 18.3. The molecule has 1 N–H and O–H groups in total. The highest BCUT2D eigenvalue weighted by Gasteiger charge is 2.32. The number of fused-ring (bicyclic) bond motifs is 3. The van der Waals surface area contributed by atoms with Crippen LogP contribution in [0, 0.1) is 11.6 Å². The molecule has 1 atom stereocenters. The molecule has 186 valence electrons. The van der Waals surface area contributed by atoms with Gasteiger partial charge in [-0.05, 0) is 49.7 Å². The lowest BCUT2D eigenvalue weighted by Gasteiger charge is -2.17. The number of halogens is 2. The minimum absolute atomic E-state index is 0.0704. The van der Waals surface area contributed by atoms with Crippen molar-refractivity contribution in [1.29, 1.82) is 0 Å². The number of benzene rings is 1. The van der Waals surface area contributed by atoms with E-state index in [1.165, 1.54) is 34.5 Å². The fourth-order valence-corrected chi connectivity index (χ4v) is 5.53. The molecule has 1 fully saturated rings. The lowest BCUT2D eigenvalue weighted by Crippen LogP contribution is -2.26. The van der Waals surface area contributed by atoms with Crippen LogP contribution in [0.15, 0.2) is 42.7 Å². The van der Waals surface area contributed by atoms with Crippen LogP contribution in [0.4, 0.5) is 14.6 Å². The fourth-order valence-electron chi connectivity index (χ4n) is 4.34. The summed E-state index contributed by atoms with van der Waals surface area (Å²) in [5, 5.41) is 7.52. The zero-order valence-electron chi connectivity index (χ0n) is 19.6. The summed E-state index contributed by atoms with van der Waals surface area (Å²) in [4.78, 5) is 11.0. The van der Waals surface area contributed by atoms with Crippen molar-refractivity contribution in [1.82, 2.24) is 19.7 Å². The molecule has 0 spiro atoms. The maximum atomic E-state index is 14.5. The summed E-state index contributed by atoms with van der Waals surface area (Å²) in [5.41, 5.74) is 1.91. The van der Waals surface area contributed by atoms with Gasteiger partial charge in [-0.25, -0.2) is 23.4 Å². The Morgan fingerprint density at radius 1 is 1.19 bits per heavy atom. The number of hydrogen-bond donors (Lipinski definition) is 1. The van der Waals surface area contributed by atoms with Crippen molar-refractivity contribution in [2.24, 2.45) is 0 Å². The molecule has 3 aromatic heterocycles. The van der Waals surface area contributed by atoms with Crippen LogP contribution in [0.25, 0.3) is 27.0 Å². The molecule has 11 heteroatoms. The molecule has 4 aromatic rings. The van der Waals surface area contributed by atoms with Crippen LogP contribution in [-0.4, -0.2) is 51.4 Å².